The van der Waals surface area contributed by atoms with Crippen LogP contribution in [0.4, 0.5) is 10.9 Å². The molecule has 192 valence electrons. The molecule has 1 aliphatic carbocycles. The van der Waals surface area contributed by atoms with Gasteiger partial charge in [-0.15, -0.1) is 11.3 Å². The predicted molar refractivity (Wildman–Crippen MR) is 148 cm³/mol. The van der Waals surface area contributed by atoms with Crippen LogP contribution in [0.5, 0.6) is 0 Å². The number of anilines is 2. The summed E-state index contributed by atoms with van der Waals surface area (Å²) in [6, 6.07) is 12.0. The summed E-state index contributed by atoms with van der Waals surface area (Å²) in [6.45, 7) is 6.34. The number of hydrogen-bond donors (Lipinski definition) is 2. The van der Waals surface area contributed by atoms with E-state index in [9.17, 15) is 9.59 Å². The number of likely N-dealkylation sites (tertiary alicyclic amines) is 1. The van der Waals surface area contributed by atoms with Crippen LogP contribution >= 0.6 is 11.3 Å². The lowest BCUT2D eigenvalue weighted by molar-refractivity contribution is -0.117. The van der Waals surface area contributed by atoms with Crippen LogP contribution in [0.1, 0.15) is 60.7 Å². The van der Waals surface area contributed by atoms with Crippen molar-refractivity contribution in [2.24, 2.45) is 5.41 Å². The largest absolute Gasteiger partial charge is 0.357 e. The van der Waals surface area contributed by atoms with Crippen LogP contribution in [-0.2, 0) is 4.79 Å². The first-order valence-electron chi connectivity index (χ1n) is 13.1. The topological polar surface area (TPSA) is 94.3 Å². The van der Waals surface area contributed by atoms with Crippen LogP contribution in [0.3, 0.4) is 0 Å². The summed E-state index contributed by atoms with van der Waals surface area (Å²) in [6.07, 6.45) is 8.40. The van der Waals surface area contributed by atoms with Gasteiger partial charge in [0, 0.05) is 32.1 Å². The molecule has 0 atom stereocenters. The van der Waals surface area contributed by atoms with Crippen molar-refractivity contribution in [3.05, 3.63) is 53.9 Å². The minimum atomic E-state index is -0.193. The first kappa shape index (κ1) is 23.9. The molecule has 2 aliphatic heterocycles. The van der Waals surface area contributed by atoms with E-state index in [2.05, 4.69) is 27.4 Å². The number of imidazole rings is 1. The molecule has 3 fully saturated rings. The van der Waals surface area contributed by atoms with Crippen molar-refractivity contribution in [2.75, 3.05) is 29.9 Å². The number of carbonyl (C=O) groups is 2. The lowest BCUT2D eigenvalue weighted by Crippen LogP contribution is -2.34. The Labute approximate surface area is 220 Å². The Bertz CT molecular complexity index is 1380. The standard InChI is InChI=1S/C28H32N6O2S/c1-2-23(29)32-17-15-28(18-32)13-11-19(12-14-28)34-21-7-4-3-6-20(21)30-27(34)31-26(36)22-9-10-25(37-22)33-16-5-8-24(33)35/h2-4,6-7,9-10,19,29H,1,5,8,11-18H2,(H,30,31,36). The molecule has 2 N–H and O–H groups in total. The minimum Gasteiger partial charge on any atom is -0.357 e. The van der Waals surface area contributed by atoms with E-state index in [1.165, 1.54) is 11.3 Å². The molecule has 2 aromatic heterocycles. The minimum absolute atomic E-state index is 0.123. The number of fused-ring (bicyclic) bond motifs is 1. The Morgan fingerprint density at radius 2 is 1.97 bits per heavy atom. The SMILES string of the molecule is C=CC(=N)N1CCC2(CCC(n3c(NC(=O)c4ccc(N5CCCC5=O)s4)nc4ccccc43)CC2)C1. The van der Waals surface area contributed by atoms with Crippen molar-refractivity contribution in [3.8, 4) is 0 Å². The van der Waals surface area contributed by atoms with Gasteiger partial charge in [-0.1, -0.05) is 18.7 Å². The third kappa shape index (κ3) is 4.35. The van der Waals surface area contributed by atoms with Crippen molar-refractivity contribution in [3.63, 3.8) is 0 Å². The summed E-state index contributed by atoms with van der Waals surface area (Å²) in [5.74, 6) is 1.04. The van der Waals surface area contributed by atoms with E-state index in [0.29, 0.717) is 29.6 Å². The van der Waals surface area contributed by atoms with E-state index in [4.69, 9.17) is 10.4 Å². The Hall–Kier alpha value is -3.46. The Morgan fingerprint density at radius 1 is 1.16 bits per heavy atom. The van der Waals surface area contributed by atoms with Gasteiger partial charge in [-0.3, -0.25) is 20.3 Å². The molecule has 1 saturated carbocycles. The molecule has 0 radical (unpaired) electrons. The van der Waals surface area contributed by atoms with E-state index >= 15 is 0 Å². The zero-order chi connectivity index (χ0) is 25.6. The average molecular weight is 517 g/mol. The monoisotopic (exact) mass is 516 g/mol. The molecular formula is C28H32N6O2S. The fraction of sp³-hybridized carbons (Fsp3) is 0.429. The van der Waals surface area contributed by atoms with Gasteiger partial charge < -0.3 is 14.4 Å². The first-order chi connectivity index (χ1) is 18.0. The summed E-state index contributed by atoms with van der Waals surface area (Å²) >= 11 is 1.35. The molecule has 6 rings (SSSR count). The molecule has 2 amide bonds. The average Bonchev–Trinajstić information content (AvgIpc) is 3.70. The highest BCUT2D eigenvalue weighted by atomic mass is 32.1. The van der Waals surface area contributed by atoms with E-state index in [1.807, 2.05) is 24.3 Å². The van der Waals surface area contributed by atoms with Crippen molar-refractivity contribution in [1.82, 2.24) is 14.5 Å². The maximum Gasteiger partial charge on any atom is 0.268 e. The van der Waals surface area contributed by atoms with Crippen molar-refractivity contribution in [2.45, 2.75) is 51.0 Å². The molecule has 9 heteroatoms. The molecule has 8 nitrogen and oxygen atoms in total. The maximum atomic E-state index is 13.3. The van der Waals surface area contributed by atoms with E-state index in [1.54, 1.807) is 17.0 Å². The van der Waals surface area contributed by atoms with E-state index in [0.717, 1.165) is 67.6 Å². The Kier molecular flexibility index (Phi) is 6.10. The third-order valence-corrected chi connectivity index (χ3v) is 9.44. The summed E-state index contributed by atoms with van der Waals surface area (Å²) < 4.78 is 2.22. The fourth-order valence-corrected chi connectivity index (χ4v) is 7.24. The number of para-hydroxylation sites is 2. The number of nitrogens with one attached hydrogen (secondary N) is 2. The summed E-state index contributed by atoms with van der Waals surface area (Å²) in [4.78, 5) is 34.7. The molecule has 1 aromatic carbocycles. The van der Waals surface area contributed by atoms with Gasteiger partial charge in [0.1, 0.15) is 5.84 Å². The van der Waals surface area contributed by atoms with Crippen LogP contribution in [0, 0.1) is 10.8 Å². The lowest BCUT2D eigenvalue weighted by Gasteiger charge is -2.38. The summed E-state index contributed by atoms with van der Waals surface area (Å²) in [5, 5.41) is 12.1. The normalized spacial score (nSPS) is 23.8. The molecule has 3 aliphatic rings. The second kappa shape index (κ2) is 9.45. The van der Waals surface area contributed by atoms with Gasteiger partial charge in [0.25, 0.3) is 5.91 Å². The number of nitrogens with zero attached hydrogens (tertiary/aromatic N) is 4. The highest BCUT2D eigenvalue weighted by Crippen LogP contribution is 2.48. The summed E-state index contributed by atoms with van der Waals surface area (Å²) in [5.41, 5.74) is 2.17. The Balaban J connectivity index is 1.22. The van der Waals surface area contributed by atoms with Gasteiger partial charge in [0.05, 0.1) is 20.9 Å². The Morgan fingerprint density at radius 3 is 2.73 bits per heavy atom. The predicted octanol–water partition coefficient (Wildman–Crippen LogP) is 5.45. The van der Waals surface area contributed by atoms with Gasteiger partial charge in [-0.25, -0.2) is 4.98 Å². The zero-order valence-electron chi connectivity index (χ0n) is 20.9. The smallest absolute Gasteiger partial charge is 0.268 e. The fourth-order valence-electron chi connectivity index (χ4n) is 6.29. The molecule has 2 saturated heterocycles. The second-order valence-electron chi connectivity index (χ2n) is 10.5. The number of amides is 2. The number of hydrogen-bond acceptors (Lipinski definition) is 5. The van der Waals surface area contributed by atoms with E-state index in [-0.39, 0.29) is 23.3 Å². The highest BCUT2D eigenvalue weighted by molar-refractivity contribution is 7.18. The number of aromatic nitrogens is 2. The van der Waals surface area contributed by atoms with Gasteiger partial charge in [0.2, 0.25) is 11.9 Å². The van der Waals surface area contributed by atoms with E-state index < -0.39 is 0 Å². The van der Waals surface area contributed by atoms with Crippen molar-refractivity contribution in [1.29, 1.82) is 5.41 Å². The number of benzene rings is 1. The van der Waals surface area contributed by atoms with Crippen LogP contribution < -0.4 is 10.2 Å². The molecule has 3 aromatic rings. The molecular weight excluding hydrogens is 484 g/mol. The summed E-state index contributed by atoms with van der Waals surface area (Å²) in [7, 11) is 0. The van der Waals surface area contributed by atoms with Gasteiger partial charge in [-0.2, -0.15) is 0 Å². The van der Waals surface area contributed by atoms with Crippen LogP contribution in [-0.4, -0.2) is 51.7 Å². The number of thiophene rings is 1. The quantitative estimate of drug-likeness (QED) is 0.348. The third-order valence-electron chi connectivity index (χ3n) is 8.33. The molecule has 0 unspecified atom stereocenters. The highest BCUT2D eigenvalue weighted by Gasteiger charge is 2.42. The molecule has 1 spiro atoms. The van der Waals surface area contributed by atoms with Crippen molar-refractivity contribution >= 4 is 51.0 Å². The first-order valence-corrected chi connectivity index (χ1v) is 13.9. The molecule has 4 heterocycles. The molecule has 0 bridgehead atoms. The zero-order valence-corrected chi connectivity index (χ0v) is 21.7. The van der Waals surface area contributed by atoms with Crippen molar-refractivity contribution < 1.29 is 9.59 Å². The second-order valence-corrected chi connectivity index (χ2v) is 11.6. The lowest BCUT2D eigenvalue weighted by atomic mass is 9.72. The van der Waals surface area contributed by atoms with Gasteiger partial charge in [-0.05, 0) is 74.3 Å². The van der Waals surface area contributed by atoms with Crippen LogP contribution in [0.25, 0.3) is 11.0 Å². The number of amidine groups is 1. The number of carbonyl (C=O) groups excluding carboxylic acids is 2. The van der Waals surface area contributed by atoms with Gasteiger partial charge in [0.15, 0.2) is 0 Å². The van der Waals surface area contributed by atoms with Gasteiger partial charge >= 0.3 is 0 Å². The molecule has 37 heavy (non-hydrogen) atoms. The van der Waals surface area contributed by atoms with Crippen LogP contribution in [0.2, 0.25) is 0 Å². The maximum absolute atomic E-state index is 13.3. The van der Waals surface area contributed by atoms with Crippen LogP contribution in [0.15, 0.2) is 49.1 Å². The number of rotatable bonds is 5.